The highest BCUT2D eigenvalue weighted by atomic mass is 79.9. The number of H-pyrrole nitrogens is 1. The van der Waals surface area contributed by atoms with Crippen LogP contribution in [0.4, 0.5) is 0 Å². The zero-order chi connectivity index (χ0) is 9.42. The molecule has 0 aliphatic rings. The minimum atomic E-state index is 0.414. The highest BCUT2D eigenvalue weighted by Crippen LogP contribution is 2.26. The first-order valence-electron chi connectivity index (χ1n) is 3.35. The van der Waals surface area contributed by atoms with Crippen molar-refractivity contribution in [3.8, 4) is 11.4 Å². The molecule has 0 aromatic carbocycles. The number of nitrogen functional groups attached to an aromatic ring is 1. The predicted octanol–water partition coefficient (Wildman–Crippen LogP) is 2.15. The Labute approximate surface area is 91.5 Å². The molecule has 0 fully saturated rings. The van der Waals surface area contributed by atoms with Crippen molar-refractivity contribution in [2.24, 2.45) is 0 Å². The van der Waals surface area contributed by atoms with E-state index in [1.165, 1.54) is 4.68 Å². The molecule has 2 aromatic rings. The maximum absolute atomic E-state index is 5.65. The molecule has 4 nitrogen and oxygen atoms in total. The van der Waals surface area contributed by atoms with Crippen LogP contribution in [0.15, 0.2) is 15.2 Å². The van der Waals surface area contributed by atoms with Crippen molar-refractivity contribution < 1.29 is 0 Å². The first-order chi connectivity index (χ1) is 6.18. The highest BCUT2D eigenvalue weighted by Gasteiger charge is 2.07. The Bertz CT molecular complexity index is 483. The molecule has 0 amide bonds. The summed E-state index contributed by atoms with van der Waals surface area (Å²) in [6.45, 7) is 0. The van der Waals surface area contributed by atoms with E-state index in [2.05, 4.69) is 26.1 Å². The lowest BCUT2D eigenvalue weighted by molar-refractivity contribution is 0.985. The summed E-state index contributed by atoms with van der Waals surface area (Å²) in [5.41, 5.74) is 0.951. The van der Waals surface area contributed by atoms with Crippen LogP contribution >= 0.6 is 39.5 Å². The van der Waals surface area contributed by atoms with Crippen molar-refractivity contribution in [2.75, 3.05) is 5.84 Å². The molecule has 0 saturated carbocycles. The molecular weight excluding hydrogens is 272 g/mol. The lowest BCUT2D eigenvalue weighted by Gasteiger charge is -1.94. The van der Waals surface area contributed by atoms with Gasteiger partial charge in [0.2, 0.25) is 4.77 Å². The molecule has 0 aliphatic heterocycles. The molecule has 68 valence electrons. The van der Waals surface area contributed by atoms with Gasteiger partial charge in [0.15, 0.2) is 5.82 Å². The number of nitrogens with two attached hydrogens (primary N) is 1. The molecule has 0 radical (unpaired) electrons. The van der Waals surface area contributed by atoms with E-state index in [0.717, 1.165) is 9.35 Å². The number of nitrogens with zero attached hydrogens (tertiary/aromatic N) is 2. The Kier molecular flexibility index (Phi) is 2.22. The van der Waals surface area contributed by atoms with E-state index in [4.69, 9.17) is 18.1 Å². The van der Waals surface area contributed by atoms with Crippen LogP contribution in [0.2, 0.25) is 0 Å². The van der Waals surface area contributed by atoms with Crippen molar-refractivity contribution in [3.05, 3.63) is 20.0 Å². The molecule has 3 N–H and O–H groups in total. The summed E-state index contributed by atoms with van der Waals surface area (Å²) in [7, 11) is 0. The van der Waals surface area contributed by atoms with Gasteiger partial charge in [-0.25, -0.2) is 9.77 Å². The fraction of sp³-hybridized carbons (Fsp3) is 0. The SMILES string of the molecule is Nn1c(-c2csc(Br)c2)n[nH]c1=S. The average molecular weight is 277 g/mol. The van der Waals surface area contributed by atoms with Crippen molar-refractivity contribution >= 4 is 39.5 Å². The summed E-state index contributed by atoms with van der Waals surface area (Å²) in [6, 6.07) is 1.94. The first-order valence-corrected chi connectivity index (χ1v) is 5.43. The molecule has 0 bridgehead atoms. The molecule has 13 heavy (non-hydrogen) atoms. The topological polar surface area (TPSA) is 59.6 Å². The fourth-order valence-corrected chi connectivity index (χ4v) is 2.20. The summed E-state index contributed by atoms with van der Waals surface area (Å²) in [4.78, 5) is 0. The fourth-order valence-electron chi connectivity index (χ4n) is 0.936. The van der Waals surface area contributed by atoms with E-state index in [0.29, 0.717) is 10.6 Å². The number of nitrogens with one attached hydrogen (secondary N) is 1. The van der Waals surface area contributed by atoms with Gasteiger partial charge >= 0.3 is 0 Å². The van der Waals surface area contributed by atoms with Crippen LogP contribution in [0.3, 0.4) is 0 Å². The van der Waals surface area contributed by atoms with Crippen molar-refractivity contribution in [3.63, 3.8) is 0 Å². The number of hydrogen-bond donors (Lipinski definition) is 2. The smallest absolute Gasteiger partial charge is 0.214 e. The molecule has 2 aromatic heterocycles. The van der Waals surface area contributed by atoms with Gasteiger partial charge in [0.25, 0.3) is 0 Å². The van der Waals surface area contributed by atoms with Crippen molar-refractivity contribution in [1.82, 2.24) is 14.9 Å². The van der Waals surface area contributed by atoms with Gasteiger partial charge in [-0.05, 0) is 34.2 Å². The summed E-state index contributed by atoms with van der Waals surface area (Å²) in [5, 5.41) is 8.59. The minimum absolute atomic E-state index is 0.414. The Morgan fingerprint density at radius 1 is 1.69 bits per heavy atom. The van der Waals surface area contributed by atoms with Crippen LogP contribution in [-0.4, -0.2) is 14.9 Å². The van der Waals surface area contributed by atoms with E-state index in [1.807, 2.05) is 11.4 Å². The normalized spacial score (nSPS) is 10.5. The van der Waals surface area contributed by atoms with E-state index < -0.39 is 0 Å². The summed E-state index contributed by atoms with van der Waals surface area (Å²) >= 11 is 9.83. The number of aromatic nitrogens is 3. The van der Waals surface area contributed by atoms with E-state index in [-0.39, 0.29) is 0 Å². The van der Waals surface area contributed by atoms with Crippen LogP contribution < -0.4 is 5.84 Å². The van der Waals surface area contributed by atoms with Gasteiger partial charge in [0.05, 0.1) is 3.79 Å². The van der Waals surface area contributed by atoms with E-state index >= 15 is 0 Å². The Morgan fingerprint density at radius 2 is 2.46 bits per heavy atom. The van der Waals surface area contributed by atoms with Gasteiger partial charge in [-0.3, -0.25) is 0 Å². The van der Waals surface area contributed by atoms with Crippen molar-refractivity contribution in [2.45, 2.75) is 0 Å². The van der Waals surface area contributed by atoms with Gasteiger partial charge in [-0.2, -0.15) is 5.10 Å². The number of rotatable bonds is 1. The maximum atomic E-state index is 5.65. The number of aromatic amines is 1. The van der Waals surface area contributed by atoms with Crippen LogP contribution in [-0.2, 0) is 0 Å². The zero-order valence-corrected chi connectivity index (χ0v) is 9.54. The highest BCUT2D eigenvalue weighted by molar-refractivity contribution is 9.11. The predicted molar refractivity (Wildman–Crippen MR) is 58.6 cm³/mol. The second-order valence-corrected chi connectivity index (χ2v) is 5.04. The van der Waals surface area contributed by atoms with E-state index in [1.54, 1.807) is 11.3 Å². The van der Waals surface area contributed by atoms with Gasteiger partial charge in [0, 0.05) is 10.9 Å². The molecule has 0 saturated heterocycles. The Balaban J connectivity index is 2.58. The van der Waals surface area contributed by atoms with E-state index in [9.17, 15) is 0 Å². The van der Waals surface area contributed by atoms with Gasteiger partial charge in [-0.1, -0.05) is 0 Å². The molecule has 0 atom stereocenters. The molecule has 2 heterocycles. The monoisotopic (exact) mass is 276 g/mol. The Morgan fingerprint density at radius 3 is 2.92 bits per heavy atom. The van der Waals surface area contributed by atoms with Crippen LogP contribution in [0.1, 0.15) is 0 Å². The number of halogens is 1. The summed E-state index contributed by atoms with van der Waals surface area (Å²) < 4.78 is 2.80. The minimum Gasteiger partial charge on any atom is -0.335 e. The third-order valence-electron chi connectivity index (χ3n) is 1.53. The summed E-state index contributed by atoms with van der Waals surface area (Å²) in [5.74, 6) is 6.30. The third-order valence-corrected chi connectivity index (χ3v) is 3.32. The lowest BCUT2D eigenvalue weighted by atomic mass is 10.3. The second kappa shape index (κ2) is 3.24. The van der Waals surface area contributed by atoms with Crippen LogP contribution in [0.25, 0.3) is 11.4 Å². The standard InChI is InChI=1S/C6H5BrN4S2/c7-4-1-3(2-13-4)5-9-10-6(12)11(5)8/h1-2H,8H2,(H,10,12). The molecule has 0 spiro atoms. The van der Waals surface area contributed by atoms with Crippen LogP contribution in [0, 0.1) is 4.77 Å². The van der Waals surface area contributed by atoms with Crippen molar-refractivity contribution in [1.29, 1.82) is 0 Å². The second-order valence-electron chi connectivity index (χ2n) is 2.36. The molecule has 0 aliphatic carbocycles. The molecule has 0 unspecified atom stereocenters. The largest absolute Gasteiger partial charge is 0.335 e. The zero-order valence-electron chi connectivity index (χ0n) is 6.32. The average Bonchev–Trinajstić information content (AvgIpc) is 2.62. The van der Waals surface area contributed by atoms with Gasteiger partial charge < -0.3 is 5.84 Å². The van der Waals surface area contributed by atoms with Gasteiger partial charge in [-0.15, -0.1) is 11.3 Å². The molecular formula is C6H5BrN4S2. The number of thiophene rings is 1. The third kappa shape index (κ3) is 1.54. The quantitative estimate of drug-likeness (QED) is 0.620. The Hall–Kier alpha value is -0.660. The van der Waals surface area contributed by atoms with Gasteiger partial charge in [0.1, 0.15) is 0 Å². The molecule has 7 heteroatoms. The molecule has 2 rings (SSSR count). The first kappa shape index (κ1) is 8.92. The maximum Gasteiger partial charge on any atom is 0.214 e. The summed E-state index contributed by atoms with van der Waals surface area (Å²) in [6.07, 6.45) is 0. The number of hydrogen-bond acceptors (Lipinski definition) is 4. The lowest BCUT2D eigenvalue weighted by Crippen LogP contribution is -2.09. The van der Waals surface area contributed by atoms with Crippen LogP contribution in [0.5, 0.6) is 0 Å².